The van der Waals surface area contributed by atoms with Crippen molar-refractivity contribution in [2.45, 2.75) is 52.2 Å². The molecule has 0 saturated carbocycles. The quantitative estimate of drug-likeness (QED) is 0.846. The van der Waals surface area contributed by atoms with Gasteiger partial charge in [0.2, 0.25) is 0 Å². The van der Waals surface area contributed by atoms with Gasteiger partial charge in [0, 0.05) is 30.2 Å². The van der Waals surface area contributed by atoms with Crippen molar-refractivity contribution in [1.82, 2.24) is 10.2 Å². The number of piperidine rings is 1. The second-order valence-electron chi connectivity index (χ2n) is 6.52. The molecule has 1 rings (SSSR count). The van der Waals surface area contributed by atoms with Crippen molar-refractivity contribution in [3.63, 3.8) is 0 Å². The number of likely N-dealkylation sites (tertiary alicyclic amines) is 1. The molecule has 1 N–H and O–H groups in total. The van der Waals surface area contributed by atoms with E-state index < -0.39 is 5.60 Å². The summed E-state index contributed by atoms with van der Waals surface area (Å²) < 4.78 is 6.40. The molecule has 1 aliphatic heterocycles. The zero-order chi connectivity index (χ0) is 15.3. The zero-order valence-electron chi connectivity index (χ0n) is 13.0. The first kappa shape index (κ1) is 17.5. The van der Waals surface area contributed by atoms with Crippen LogP contribution in [0.1, 0.15) is 40.5 Å². The van der Waals surface area contributed by atoms with Gasteiger partial charge in [0.05, 0.1) is 0 Å². The maximum atomic E-state index is 12.1. The van der Waals surface area contributed by atoms with Crippen LogP contribution < -0.4 is 5.32 Å². The summed E-state index contributed by atoms with van der Waals surface area (Å²) in [6.07, 6.45) is 1.98. The Bertz CT molecular complexity index is 352. The maximum absolute atomic E-state index is 12.1. The lowest BCUT2D eigenvalue weighted by Crippen LogP contribution is -2.48. The summed E-state index contributed by atoms with van der Waals surface area (Å²) in [5.74, 6) is 0.461. The number of rotatable bonds is 4. The van der Waals surface area contributed by atoms with Crippen LogP contribution in [0, 0.1) is 5.92 Å². The van der Waals surface area contributed by atoms with Crippen molar-refractivity contribution in [2.24, 2.45) is 5.92 Å². The summed E-state index contributed by atoms with van der Waals surface area (Å²) >= 11 is 3.35. The van der Waals surface area contributed by atoms with E-state index >= 15 is 0 Å². The van der Waals surface area contributed by atoms with Gasteiger partial charge in [-0.1, -0.05) is 22.5 Å². The molecule has 116 valence electrons. The number of ether oxygens (including phenoxy) is 1. The molecule has 0 radical (unpaired) electrons. The van der Waals surface area contributed by atoms with E-state index in [0.29, 0.717) is 12.0 Å². The van der Waals surface area contributed by atoms with Crippen LogP contribution in [0.4, 0.5) is 4.79 Å². The highest BCUT2D eigenvalue weighted by Gasteiger charge is 2.29. The summed E-state index contributed by atoms with van der Waals surface area (Å²) in [6.45, 7) is 14.0. The third kappa shape index (κ3) is 6.27. The second-order valence-corrected chi connectivity index (χ2v) is 7.64. The Kier molecular flexibility index (Phi) is 6.52. The summed E-state index contributed by atoms with van der Waals surface area (Å²) in [7, 11) is 0. The number of carbonyl (C=O) groups is 1. The third-order valence-electron chi connectivity index (χ3n) is 3.43. The monoisotopic (exact) mass is 346 g/mol. The highest BCUT2D eigenvalue weighted by atomic mass is 79.9. The molecule has 4 nitrogen and oxygen atoms in total. The maximum Gasteiger partial charge on any atom is 0.410 e. The lowest BCUT2D eigenvalue weighted by Gasteiger charge is -2.36. The molecular formula is C15H27BrN2O2. The van der Waals surface area contributed by atoms with Crippen molar-refractivity contribution in [1.29, 1.82) is 0 Å². The van der Waals surface area contributed by atoms with Crippen LogP contribution in [0.5, 0.6) is 0 Å². The highest BCUT2D eigenvalue weighted by Crippen LogP contribution is 2.22. The first-order valence-electron chi connectivity index (χ1n) is 7.23. The molecule has 1 aliphatic rings. The molecule has 2 atom stereocenters. The lowest BCUT2D eigenvalue weighted by molar-refractivity contribution is 0.0149. The van der Waals surface area contributed by atoms with Crippen molar-refractivity contribution in [3.8, 4) is 0 Å². The van der Waals surface area contributed by atoms with Crippen LogP contribution in [0.2, 0.25) is 0 Å². The molecular weight excluding hydrogens is 320 g/mol. The van der Waals surface area contributed by atoms with Crippen LogP contribution >= 0.6 is 15.9 Å². The second kappa shape index (κ2) is 7.46. The third-order valence-corrected chi connectivity index (χ3v) is 3.71. The molecule has 1 heterocycles. The highest BCUT2D eigenvalue weighted by molar-refractivity contribution is 9.11. The molecule has 1 saturated heterocycles. The fourth-order valence-electron chi connectivity index (χ4n) is 2.35. The van der Waals surface area contributed by atoms with Gasteiger partial charge in [-0.15, -0.1) is 0 Å². The van der Waals surface area contributed by atoms with Crippen molar-refractivity contribution < 1.29 is 9.53 Å². The Labute approximate surface area is 131 Å². The topological polar surface area (TPSA) is 41.6 Å². The van der Waals surface area contributed by atoms with Crippen LogP contribution in [0.15, 0.2) is 11.1 Å². The predicted octanol–water partition coefficient (Wildman–Crippen LogP) is 3.52. The van der Waals surface area contributed by atoms with Gasteiger partial charge in [-0.05, 0) is 46.5 Å². The fourth-order valence-corrected chi connectivity index (χ4v) is 2.51. The fraction of sp³-hybridized carbons (Fsp3) is 0.800. The molecule has 5 heteroatoms. The number of halogens is 1. The van der Waals surface area contributed by atoms with Crippen LogP contribution in [0.25, 0.3) is 0 Å². The smallest absolute Gasteiger partial charge is 0.410 e. The van der Waals surface area contributed by atoms with E-state index in [1.54, 1.807) is 0 Å². The van der Waals surface area contributed by atoms with E-state index in [-0.39, 0.29) is 6.09 Å². The minimum absolute atomic E-state index is 0.195. The Morgan fingerprint density at radius 2 is 2.20 bits per heavy atom. The molecule has 2 unspecified atom stereocenters. The van der Waals surface area contributed by atoms with E-state index in [1.165, 1.54) is 0 Å². The first-order valence-corrected chi connectivity index (χ1v) is 8.03. The Morgan fingerprint density at radius 1 is 1.55 bits per heavy atom. The van der Waals surface area contributed by atoms with Gasteiger partial charge in [-0.2, -0.15) is 0 Å². The van der Waals surface area contributed by atoms with Crippen molar-refractivity contribution in [2.75, 3.05) is 19.6 Å². The molecule has 0 spiro atoms. The first-order chi connectivity index (χ1) is 9.19. The Hall–Kier alpha value is -0.550. The molecule has 0 aromatic carbocycles. The molecule has 1 fully saturated rings. The van der Waals surface area contributed by atoms with E-state index in [2.05, 4.69) is 34.7 Å². The summed E-state index contributed by atoms with van der Waals surface area (Å²) in [6, 6.07) is 0.356. The minimum Gasteiger partial charge on any atom is -0.444 e. The van der Waals surface area contributed by atoms with Gasteiger partial charge in [0.1, 0.15) is 5.60 Å². The molecule has 0 aromatic heterocycles. The van der Waals surface area contributed by atoms with E-state index in [1.807, 2.05) is 25.7 Å². The lowest BCUT2D eigenvalue weighted by atomic mass is 9.92. The largest absolute Gasteiger partial charge is 0.444 e. The van der Waals surface area contributed by atoms with Crippen molar-refractivity contribution in [3.05, 3.63) is 11.1 Å². The standard InChI is InChI=1S/C15H27BrN2O2/c1-11(16)9-17-12(2)13-7-6-8-18(10-13)14(19)20-15(3,4)5/h12-13,17H,1,6-10H2,2-5H3. The molecule has 0 bridgehead atoms. The average Bonchev–Trinajstić information content (AvgIpc) is 2.34. The van der Waals surface area contributed by atoms with Gasteiger partial charge in [0.25, 0.3) is 0 Å². The predicted molar refractivity (Wildman–Crippen MR) is 86.1 cm³/mol. The average molecular weight is 347 g/mol. The zero-order valence-corrected chi connectivity index (χ0v) is 14.6. The van der Waals surface area contributed by atoms with Gasteiger partial charge in [-0.25, -0.2) is 4.79 Å². The summed E-state index contributed by atoms with van der Waals surface area (Å²) in [4.78, 5) is 13.9. The van der Waals surface area contributed by atoms with Gasteiger partial charge < -0.3 is 15.0 Å². The number of amides is 1. The number of nitrogens with zero attached hydrogens (tertiary/aromatic N) is 1. The molecule has 1 amide bonds. The van der Waals surface area contributed by atoms with E-state index in [4.69, 9.17) is 4.74 Å². The Morgan fingerprint density at radius 3 is 2.75 bits per heavy atom. The summed E-state index contributed by atoms with van der Waals surface area (Å²) in [5, 5.41) is 3.43. The van der Waals surface area contributed by atoms with E-state index in [9.17, 15) is 4.79 Å². The van der Waals surface area contributed by atoms with Crippen LogP contribution in [-0.4, -0.2) is 42.3 Å². The summed E-state index contributed by atoms with van der Waals surface area (Å²) in [5.41, 5.74) is -0.429. The van der Waals surface area contributed by atoms with Gasteiger partial charge in [0.15, 0.2) is 0 Å². The normalized spacial score (nSPS) is 21.4. The van der Waals surface area contributed by atoms with E-state index in [0.717, 1.165) is 37.0 Å². The van der Waals surface area contributed by atoms with Crippen LogP contribution in [0.3, 0.4) is 0 Å². The molecule has 20 heavy (non-hydrogen) atoms. The van der Waals surface area contributed by atoms with Gasteiger partial charge in [-0.3, -0.25) is 0 Å². The van der Waals surface area contributed by atoms with Crippen molar-refractivity contribution >= 4 is 22.0 Å². The molecule has 0 aliphatic carbocycles. The van der Waals surface area contributed by atoms with Gasteiger partial charge >= 0.3 is 6.09 Å². The number of hydrogen-bond donors (Lipinski definition) is 1. The number of hydrogen-bond acceptors (Lipinski definition) is 3. The SMILES string of the molecule is C=C(Br)CNC(C)C1CCCN(C(=O)OC(C)(C)C)C1. The number of nitrogens with one attached hydrogen (secondary N) is 1. The van der Waals surface area contributed by atoms with Crippen LogP contribution in [-0.2, 0) is 4.74 Å². The number of carbonyl (C=O) groups excluding carboxylic acids is 1. The Balaban J connectivity index is 2.49. The molecule has 0 aromatic rings. The minimum atomic E-state index is -0.429.